The molecule has 1 fully saturated rings. The molecule has 1 aliphatic rings. The Labute approximate surface area is 115 Å². The highest BCUT2D eigenvalue weighted by Gasteiger charge is 2.26. The Bertz CT molecular complexity index is 382. The zero-order valence-corrected chi connectivity index (χ0v) is 12.1. The molecular formula is C14H24N4O. The summed E-state index contributed by atoms with van der Waals surface area (Å²) >= 11 is 0. The average molecular weight is 264 g/mol. The van der Waals surface area contributed by atoms with Crippen LogP contribution in [0.4, 0.5) is 5.82 Å². The van der Waals surface area contributed by atoms with Crippen LogP contribution in [0.1, 0.15) is 32.9 Å². The van der Waals surface area contributed by atoms with E-state index in [1.165, 1.54) is 0 Å². The van der Waals surface area contributed by atoms with Crippen molar-refractivity contribution in [3.8, 4) is 0 Å². The summed E-state index contributed by atoms with van der Waals surface area (Å²) in [5.41, 5.74) is 0.986. The lowest BCUT2D eigenvalue weighted by Crippen LogP contribution is -2.49. The van der Waals surface area contributed by atoms with Gasteiger partial charge in [-0.25, -0.2) is 4.98 Å². The summed E-state index contributed by atoms with van der Waals surface area (Å²) in [4.78, 5) is 11.4. The van der Waals surface area contributed by atoms with Crippen LogP contribution in [-0.4, -0.2) is 41.8 Å². The molecule has 2 unspecified atom stereocenters. The number of hydrogen-bond donors (Lipinski definition) is 1. The van der Waals surface area contributed by atoms with Crippen LogP contribution in [0.5, 0.6) is 0 Å². The van der Waals surface area contributed by atoms with Crippen LogP contribution in [0.15, 0.2) is 12.4 Å². The van der Waals surface area contributed by atoms with Crippen LogP contribution < -0.4 is 10.2 Å². The molecule has 0 saturated carbocycles. The zero-order valence-electron chi connectivity index (χ0n) is 12.1. The monoisotopic (exact) mass is 264 g/mol. The zero-order chi connectivity index (χ0) is 13.7. The molecule has 0 amide bonds. The lowest BCUT2D eigenvalue weighted by atomic mass is 10.1. The second-order valence-corrected chi connectivity index (χ2v) is 5.00. The predicted octanol–water partition coefficient (Wildman–Crippen LogP) is 1.59. The molecule has 0 radical (unpaired) electrons. The molecule has 5 nitrogen and oxygen atoms in total. The number of hydrogen-bond acceptors (Lipinski definition) is 5. The highest BCUT2D eigenvalue weighted by Crippen LogP contribution is 2.20. The van der Waals surface area contributed by atoms with Gasteiger partial charge in [-0.05, 0) is 19.9 Å². The molecule has 2 rings (SSSR count). The van der Waals surface area contributed by atoms with Crippen LogP contribution >= 0.6 is 0 Å². The van der Waals surface area contributed by atoms with Crippen molar-refractivity contribution in [3.05, 3.63) is 18.1 Å². The first-order chi connectivity index (χ1) is 9.24. The number of nitrogens with zero attached hydrogens (tertiary/aromatic N) is 3. The average Bonchev–Trinajstić information content (AvgIpc) is 2.45. The van der Waals surface area contributed by atoms with Crippen molar-refractivity contribution in [2.24, 2.45) is 0 Å². The van der Waals surface area contributed by atoms with Crippen molar-refractivity contribution in [1.29, 1.82) is 0 Å². The van der Waals surface area contributed by atoms with Crippen molar-refractivity contribution in [2.75, 3.05) is 24.6 Å². The third-order valence-corrected chi connectivity index (χ3v) is 3.48. The fourth-order valence-electron chi connectivity index (χ4n) is 2.30. The lowest BCUT2D eigenvalue weighted by molar-refractivity contribution is 0.0296. The third-order valence-electron chi connectivity index (χ3n) is 3.48. The first kappa shape index (κ1) is 14.2. The standard InChI is InChI=1S/C14H24N4O/c1-4-13-10-19-11(3)9-18(13)14-8-16-12(7-17-14)6-15-5-2/h7-8,11,13,15H,4-6,9-10H2,1-3H3. The molecule has 0 aliphatic carbocycles. The molecule has 0 bridgehead atoms. The van der Waals surface area contributed by atoms with Gasteiger partial charge in [-0.2, -0.15) is 0 Å². The van der Waals surface area contributed by atoms with E-state index in [0.717, 1.165) is 44.2 Å². The van der Waals surface area contributed by atoms with E-state index in [4.69, 9.17) is 4.74 Å². The number of morpholine rings is 1. The summed E-state index contributed by atoms with van der Waals surface area (Å²) in [6.45, 7) is 9.76. The van der Waals surface area contributed by atoms with Crippen molar-refractivity contribution in [3.63, 3.8) is 0 Å². The first-order valence-corrected chi connectivity index (χ1v) is 7.14. The van der Waals surface area contributed by atoms with E-state index in [0.29, 0.717) is 6.04 Å². The topological polar surface area (TPSA) is 50.3 Å². The fourth-order valence-corrected chi connectivity index (χ4v) is 2.30. The lowest BCUT2D eigenvalue weighted by Gasteiger charge is -2.38. The molecule has 2 heterocycles. The normalized spacial score (nSPS) is 23.6. The first-order valence-electron chi connectivity index (χ1n) is 7.14. The van der Waals surface area contributed by atoms with E-state index in [1.807, 2.05) is 12.4 Å². The van der Waals surface area contributed by atoms with E-state index >= 15 is 0 Å². The van der Waals surface area contributed by atoms with Gasteiger partial charge in [0.2, 0.25) is 0 Å². The van der Waals surface area contributed by atoms with Crippen molar-refractivity contribution in [1.82, 2.24) is 15.3 Å². The van der Waals surface area contributed by atoms with Crippen molar-refractivity contribution < 1.29 is 4.74 Å². The maximum atomic E-state index is 5.71. The molecule has 0 aromatic carbocycles. The van der Waals surface area contributed by atoms with Gasteiger partial charge < -0.3 is 15.0 Å². The van der Waals surface area contributed by atoms with Crippen LogP contribution in [-0.2, 0) is 11.3 Å². The van der Waals surface area contributed by atoms with E-state index < -0.39 is 0 Å². The van der Waals surface area contributed by atoms with Gasteiger partial charge in [0.25, 0.3) is 0 Å². The minimum Gasteiger partial charge on any atom is -0.375 e. The smallest absolute Gasteiger partial charge is 0.147 e. The second kappa shape index (κ2) is 6.82. The Morgan fingerprint density at radius 3 is 2.84 bits per heavy atom. The minimum atomic E-state index is 0.256. The summed E-state index contributed by atoms with van der Waals surface area (Å²) in [5.74, 6) is 0.960. The van der Waals surface area contributed by atoms with Crippen LogP contribution in [0, 0.1) is 0 Å². The minimum absolute atomic E-state index is 0.256. The largest absolute Gasteiger partial charge is 0.375 e. The van der Waals surface area contributed by atoms with Crippen molar-refractivity contribution >= 4 is 5.82 Å². The summed E-state index contributed by atoms with van der Waals surface area (Å²) < 4.78 is 5.71. The van der Waals surface area contributed by atoms with Gasteiger partial charge in [0.1, 0.15) is 5.82 Å². The molecule has 0 spiro atoms. The van der Waals surface area contributed by atoms with Gasteiger partial charge in [-0.15, -0.1) is 0 Å². The van der Waals surface area contributed by atoms with E-state index in [1.54, 1.807) is 0 Å². The number of ether oxygens (including phenoxy) is 1. The summed E-state index contributed by atoms with van der Waals surface area (Å²) in [5, 5.41) is 3.25. The van der Waals surface area contributed by atoms with Crippen LogP contribution in [0.3, 0.4) is 0 Å². The summed E-state index contributed by atoms with van der Waals surface area (Å²) in [6, 6.07) is 0.408. The molecule has 1 N–H and O–H groups in total. The van der Waals surface area contributed by atoms with Gasteiger partial charge in [-0.3, -0.25) is 4.98 Å². The van der Waals surface area contributed by atoms with Gasteiger partial charge in [0, 0.05) is 13.1 Å². The quantitative estimate of drug-likeness (QED) is 0.875. The molecule has 1 aliphatic heterocycles. The number of nitrogens with one attached hydrogen (secondary N) is 1. The van der Waals surface area contributed by atoms with E-state index in [-0.39, 0.29) is 6.10 Å². The molecule has 5 heteroatoms. The molecule has 1 aromatic rings. The molecule has 1 aromatic heterocycles. The Morgan fingerprint density at radius 2 is 2.21 bits per heavy atom. The molecule has 2 atom stereocenters. The van der Waals surface area contributed by atoms with Gasteiger partial charge in [0.15, 0.2) is 0 Å². The van der Waals surface area contributed by atoms with Crippen LogP contribution in [0.25, 0.3) is 0 Å². The maximum Gasteiger partial charge on any atom is 0.147 e. The van der Waals surface area contributed by atoms with Gasteiger partial charge in [-0.1, -0.05) is 13.8 Å². The van der Waals surface area contributed by atoms with Gasteiger partial charge in [0.05, 0.1) is 36.8 Å². The Kier molecular flexibility index (Phi) is 5.10. The van der Waals surface area contributed by atoms with E-state index in [9.17, 15) is 0 Å². The Balaban J connectivity index is 2.06. The molecular weight excluding hydrogens is 240 g/mol. The molecule has 106 valence electrons. The number of anilines is 1. The Hall–Kier alpha value is -1.20. The number of aromatic nitrogens is 2. The predicted molar refractivity (Wildman–Crippen MR) is 76.3 cm³/mol. The highest BCUT2D eigenvalue weighted by molar-refractivity contribution is 5.38. The second-order valence-electron chi connectivity index (χ2n) is 5.00. The maximum absolute atomic E-state index is 5.71. The van der Waals surface area contributed by atoms with E-state index in [2.05, 4.69) is 41.0 Å². The highest BCUT2D eigenvalue weighted by atomic mass is 16.5. The molecule has 19 heavy (non-hydrogen) atoms. The molecule has 1 saturated heterocycles. The Morgan fingerprint density at radius 1 is 1.37 bits per heavy atom. The fraction of sp³-hybridized carbons (Fsp3) is 0.714. The number of rotatable bonds is 5. The third kappa shape index (κ3) is 3.64. The SMILES string of the molecule is CCNCc1cnc(N2CC(C)OCC2CC)cn1. The van der Waals surface area contributed by atoms with Gasteiger partial charge >= 0.3 is 0 Å². The van der Waals surface area contributed by atoms with Crippen molar-refractivity contribution in [2.45, 2.75) is 45.9 Å². The summed E-state index contributed by atoms with van der Waals surface area (Å²) in [6.07, 6.45) is 5.07. The van der Waals surface area contributed by atoms with Crippen LogP contribution in [0.2, 0.25) is 0 Å². The summed E-state index contributed by atoms with van der Waals surface area (Å²) in [7, 11) is 0.